The Morgan fingerprint density at radius 2 is 2.06 bits per heavy atom. The molecule has 1 aromatic carbocycles. The highest BCUT2D eigenvalue weighted by atomic mass is 19.1. The molecule has 0 spiro atoms. The normalized spacial score (nSPS) is 17.9. The number of methoxy groups -OCH3 is 1. The average Bonchev–Trinajstić information content (AvgIpc) is 2.16. The van der Waals surface area contributed by atoms with Gasteiger partial charge in [-0.15, -0.1) is 0 Å². The number of hydrogen-bond donors (Lipinski definition) is 0. The van der Waals surface area contributed by atoms with E-state index in [1.807, 2.05) is 0 Å². The maximum atomic E-state index is 13.4. The molecular weight excluding hydrogens is 214 g/mol. The SMILES string of the molecule is COC1(C(=O)c2ccc(F)cc2F)CCC1. The molecule has 4 heteroatoms. The van der Waals surface area contributed by atoms with Crippen molar-refractivity contribution in [1.82, 2.24) is 0 Å². The molecule has 0 aliphatic heterocycles. The van der Waals surface area contributed by atoms with Gasteiger partial charge in [0.25, 0.3) is 0 Å². The van der Waals surface area contributed by atoms with Crippen LogP contribution in [0.5, 0.6) is 0 Å². The van der Waals surface area contributed by atoms with Crippen LogP contribution in [0, 0.1) is 11.6 Å². The summed E-state index contributed by atoms with van der Waals surface area (Å²) in [4.78, 5) is 12.0. The Morgan fingerprint density at radius 3 is 2.50 bits per heavy atom. The van der Waals surface area contributed by atoms with Crippen molar-refractivity contribution in [2.24, 2.45) is 0 Å². The molecule has 0 aromatic heterocycles. The molecule has 0 bridgehead atoms. The first kappa shape index (κ1) is 11.2. The zero-order valence-electron chi connectivity index (χ0n) is 8.93. The smallest absolute Gasteiger partial charge is 0.197 e. The predicted octanol–water partition coefficient (Wildman–Crippen LogP) is 2.72. The van der Waals surface area contributed by atoms with Gasteiger partial charge in [-0.2, -0.15) is 0 Å². The second-order valence-electron chi connectivity index (χ2n) is 4.01. The summed E-state index contributed by atoms with van der Waals surface area (Å²) in [6.07, 6.45) is 2.08. The number of benzene rings is 1. The van der Waals surface area contributed by atoms with Gasteiger partial charge in [-0.05, 0) is 31.4 Å². The lowest BCUT2D eigenvalue weighted by molar-refractivity contribution is -0.0450. The van der Waals surface area contributed by atoms with Crippen LogP contribution in [0.2, 0.25) is 0 Å². The van der Waals surface area contributed by atoms with Gasteiger partial charge in [0.2, 0.25) is 0 Å². The molecule has 2 nitrogen and oxygen atoms in total. The van der Waals surface area contributed by atoms with Crippen LogP contribution in [0.25, 0.3) is 0 Å². The van der Waals surface area contributed by atoms with E-state index in [2.05, 4.69) is 0 Å². The maximum Gasteiger partial charge on any atom is 0.197 e. The van der Waals surface area contributed by atoms with E-state index in [9.17, 15) is 13.6 Å². The van der Waals surface area contributed by atoms with Crippen molar-refractivity contribution in [3.05, 3.63) is 35.4 Å². The molecule has 0 heterocycles. The van der Waals surface area contributed by atoms with Gasteiger partial charge in [0, 0.05) is 13.2 Å². The van der Waals surface area contributed by atoms with Crippen molar-refractivity contribution in [3.63, 3.8) is 0 Å². The van der Waals surface area contributed by atoms with Crippen LogP contribution in [0.1, 0.15) is 29.6 Å². The lowest BCUT2D eigenvalue weighted by atomic mass is 9.74. The molecule has 0 atom stereocenters. The highest BCUT2D eigenvalue weighted by molar-refractivity contribution is 6.03. The minimum Gasteiger partial charge on any atom is -0.370 e. The fraction of sp³-hybridized carbons (Fsp3) is 0.417. The number of rotatable bonds is 3. The Bertz CT molecular complexity index is 420. The van der Waals surface area contributed by atoms with Crippen LogP contribution < -0.4 is 0 Å². The molecule has 0 saturated heterocycles. The molecule has 1 saturated carbocycles. The van der Waals surface area contributed by atoms with Gasteiger partial charge in [0.15, 0.2) is 5.78 Å². The van der Waals surface area contributed by atoms with Crippen LogP contribution in [-0.4, -0.2) is 18.5 Å². The predicted molar refractivity (Wildman–Crippen MR) is 54.3 cm³/mol. The molecule has 1 aromatic rings. The second kappa shape index (κ2) is 3.94. The second-order valence-corrected chi connectivity index (χ2v) is 4.01. The van der Waals surface area contributed by atoms with Crippen LogP contribution in [0.3, 0.4) is 0 Å². The Labute approximate surface area is 92.2 Å². The maximum absolute atomic E-state index is 13.4. The summed E-state index contributed by atoms with van der Waals surface area (Å²) < 4.78 is 31.3. The van der Waals surface area contributed by atoms with Gasteiger partial charge in [-0.25, -0.2) is 8.78 Å². The van der Waals surface area contributed by atoms with E-state index in [4.69, 9.17) is 4.74 Å². The lowest BCUT2D eigenvalue weighted by Crippen LogP contribution is -2.47. The highest BCUT2D eigenvalue weighted by Gasteiger charge is 2.45. The van der Waals surface area contributed by atoms with Crippen molar-refractivity contribution >= 4 is 5.78 Å². The fourth-order valence-corrected chi connectivity index (χ4v) is 1.94. The third kappa shape index (κ3) is 1.63. The molecule has 1 fully saturated rings. The van der Waals surface area contributed by atoms with Crippen molar-refractivity contribution in [1.29, 1.82) is 0 Å². The monoisotopic (exact) mass is 226 g/mol. The highest BCUT2D eigenvalue weighted by Crippen LogP contribution is 2.38. The number of Topliss-reactive ketones (excluding diaryl/α,β-unsaturated/α-hetero) is 1. The first-order valence-corrected chi connectivity index (χ1v) is 5.14. The van der Waals surface area contributed by atoms with E-state index in [0.717, 1.165) is 18.6 Å². The third-order valence-electron chi connectivity index (χ3n) is 3.14. The van der Waals surface area contributed by atoms with Gasteiger partial charge < -0.3 is 4.74 Å². The molecular formula is C12H12F2O2. The molecule has 86 valence electrons. The van der Waals surface area contributed by atoms with E-state index in [1.165, 1.54) is 13.2 Å². The molecule has 1 aliphatic carbocycles. The average molecular weight is 226 g/mol. The summed E-state index contributed by atoms with van der Waals surface area (Å²) in [5.41, 5.74) is -0.985. The molecule has 0 radical (unpaired) electrons. The Balaban J connectivity index is 2.33. The molecule has 0 unspecified atom stereocenters. The summed E-state index contributed by atoms with van der Waals surface area (Å²) in [6, 6.07) is 2.97. The minimum atomic E-state index is -0.890. The largest absolute Gasteiger partial charge is 0.370 e. The molecule has 1 aliphatic rings. The van der Waals surface area contributed by atoms with Gasteiger partial charge in [-0.1, -0.05) is 0 Å². The van der Waals surface area contributed by atoms with Crippen LogP contribution in [0.15, 0.2) is 18.2 Å². The zero-order valence-corrected chi connectivity index (χ0v) is 8.93. The van der Waals surface area contributed by atoms with E-state index < -0.39 is 23.0 Å². The molecule has 0 amide bonds. The summed E-state index contributed by atoms with van der Waals surface area (Å²) in [5.74, 6) is -1.90. The summed E-state index contributed by atoms with van der Waals surface area (Å²) in [7, 11) is 1.44. The summed E-state index contributed by atoms with van der Waals surface area (Å²) in [5, 5.41) is 0. The summed E-state index contributed by atoms with van der Waals surface area (Å²) in [6.45, 7) is 0. The first-order valence-electron chi connectivity index (χ1n) is 5.14. The standard InChI is InChI=1S/C12H12F2O2/c1-16-12(5-2-6-12)11(15)9-4-3-8(13)7-10(9)14/h3-4,7H,2,5-6H2,1H3. The fourth-order valence-electron chi connectivity index (χ4n) is 1.94. The van der Waals surface area contributed by atoms with E-state index >= 15 is 0 Å². The van der Waals surface area contributed by atoms with Crippen molar-refractivity contribution < 1.29 is 18.3 Å². The zero-order chi connectivity index (χ0) is 11.8. The molecule has 2 rings (SSSR count). The Hall–Kier alpha value is -1.29. The van der Waals surface area contributed by atoms with Crippen molar-refractivity contribution in [2.75, 3.05) is 7.11 Å². The number of carbonyl (C=O) groups is 1. The third-order valence-corrected chi connectivity index (χ3v) is 3.14. The quantitative estimate of drug-likeness (QED) is 0.741. The topological polar surface area (TPSA) is 26.3 Å². The number of carbonyl (C=O) groups excluding carboxylic acids is 1. The number of ether oxygens (including phenoxy) is 1. The van der Waals surface area contributed by atoms with E-state index in [0.29, 0.717) is 12.8 Å². The Kier molecular flexibility index (Phi) is 2.76. The molecule has 0 N–H and O–H groups in total. The Morgan fingerprint density at radius 1 is 1.38 bits per heavy atom. The summed E-state index contributed by atoms with van der Waals surface area (Å²) >= 11 is 0. The minimum absolute atomic E-state index is 0.0945. The van der Waals surface area contributed by atoms with Gasteiger partial charge in [0.1, 0.15) is 17.2 Å². The number of hydrogen-bond acceptors (Lipinski definition) is 2. The van der Waals surface area contributed by atoms with Crippen LogP contribution in [0.4, 0.5) is 8.78 Å². The van der Waals surface area contributed by atoms with E-state index in [-0.39, 0.29) is 5.56 Å². The number of ketones is 1. The van der Waals surface area contributed by atoms with Gasteiger partial charge >= 0.3 is 0 Å². The van der Waals surface area contributed by atoms with Gasteiger partial charge in [-0.3, -0.25) is 4.79 Å². The van der Waals surface area contributed by atoms with E-state index in [1.54, 1.807) is 0 Å². The lowest BCUT2D eigenvalue weighted by Gasteiger charge is -2.38. The van der Waals surface area contributed by atoms with Crippen LogP contribution >= 0.6 is 0 Å². The van der Waals surface area contributed by atoms with Gasteiger partial charge in [0.05, 0.1) is 5.56 Å². The first-order chi connectivity index (χ1) is 7.59. The molecule has 16 heavy (non-hydrogen) atoms. The van der Waals surface area contributed by atoms with Crippen molar-refractivity contribution in [2.45, 2.75) is 24.9 Å². The van der Waals surface area contributed by atoms with Crippen LogP contribution in [-0.2, 0) is 4.74 Å². The number of halogens is 2. The van der Waals surface area contributed by atoms with Crippen molar-refractivity contribution in [3.8, 4) is 0 Å².